The summed E-state index contributed by atoms with van der Waals surface area (Å²) < 4.78 is 5.37. The van der Waals surface area contributed by atoms with Crippen LogP contribution in [0.1, 0.15) is 64.3 Å². The summed E-state index contributed by atoms with van der Waals surface area (Å²) in [7, 11) is 4.08. The third kappa shape index (κ3) is 7.88. The van der Waals surface area contributed by atoms with Gasteiger partial charge in [-0.3, -0.25) is 9.59 Å². The van der Waals surface area contributed by atoms with Gasteiger partial charge in [0.15, 0.2) is 0 Å². The van der Waals surface area contributed by atoms with Gasteiger partial charge < -0.3 is 19.6 Å². The normalized spacial score (nSPS) is 15.1. The molecule has 0 radical (unpaired) electrons. The number of nitrogens with zero attached hydrogens (tertiary/aromatic N) is 4. The van der Waals surface area contributed by atoms with Gasteiger partial charge in [-0.2, -0.15) is 4.98 Å². The molecule has 2 heterocycles. The van der Waals surface area contributed by atoms with Crippen LogP contribution in [0.25, 0.3) is 11.4 Å². The standard InChI is InChI=1S/C27H41N5O3/c1-19(2)20-7-9-21(10-8-20)25-29-23(35-30-25)11-12-24(33)32-15-13-22(14-16-32)26(34)28-17-27(3,4)18-31(5)6/h7-10,19,22H,11-18H2,1-6H3,(H,28,34). The van der Waals surface area contributed by atoms with Crippen LogP contribution < -0.4 is 5.32 Å². The first kappa shape index (κ1) is 26.9. The van der Waals surface area contributed by atoms with Crippen molar-refractivity contribution in [1.82, 2.24) is 25.3 Å². The highest BCUT2D eigenvalue weighted by molar-refractivity contribution is 5.80. The molecule has 0 atom stereocenters. The molecule has 1 aliphatic heterocycles. The fraction of sp³-hybridized carbons (Fsp3) is 0.630. The lowest BCUT2D eigenvalue weighted by Gasteiger charge is -2.33. The minimum Gasteiger partial charge on any atom is -0.355 e. The van der Waals surface area contributed by atoms with Gasteiger partial charge in [0, 0.05) is 50.5 Å². The van der Waals surface area contributed by atoms with Gasteiger partial charge in [-0.05, 0) is 43.8 Å². The second-order valence-electron chi connectivity index (χ2n) is 11.1. The lowest BCUT2D eigenvalue weighted by molar-refractivity contribution is -0.135. The van der Waals surface area contributed by atoms with Gasteiger partial charge in [-0.25, -0.2) is 0 Å². The Labute approximate surface area is 209 Å². The van der Waals surface area contributed by atoms with Crippen molar-refractivity contribution in [3.05, 3.63) is 35.7 Å². The molecular formula is C27H41N5O3. The zero-order valence-corrected chi connectivity index (χ0v) is 22.1. The number of carbonyl (C=O) groups excluding carboxylic acids is 2. The highest BCUT2D eigenvalue weighted by Gasteiger charge is 2.29. The summed E-state index contributed by atoms with van der Waals surface area (Å²) in [5.74, 6) is 1.62. The van der Waals surface area contributed by atoms with Gasteiger partial charge in [0.25, 0.3) is 0 Å². The summed E-state index contributed by atoms with van der Waals surface area (Å²) in [4.78, 5) is 33.8. The lowest BCUT2D eigenvalue weighted by atomic mass is 9.91. The molecule has 1 aromatic heterocycles. The van der Waals surface area contributed by atoms with Gasteiger partial charge in [-0.1, -0.05) is 57.1 Å². The van der Waals surface area contributed by atoms with E-state index in [0.29, 0.717) is 63.0 Å². The third-order valence-electron chi connectivity index (χ3n) is 6.56. The number of benzene rings is 1. The summed E-state index contributed by atoms with van der Waals surface area (Å²) in [6.45, 7) is 11.4. The van der Waals surface area contributed by atoms with Crippen LogP contribution in [0.2, 0.25) is 0 Å². The van der Waals surface area contributed by atoms with Crippen LogP contribution in [0.15, 0.2) is 28.8 Å². The van der Waals surface area contributed by atoms with E-state index >= 15 is 0 Å². The molecule has 35 heavy (non-hydrogen) atoms. The summed E-state index contributed by atoms with van der Waals surface area (Å²) in [5.41, 5.74) is 2.18. The Morgan fingerprint density at radius 1 is 1.17 bits per heavy atom. The van der Waals surface area contributed by atoms with Gasteiger partial charge in [0.1, 0.15) is 0 Å². The molecule has 0 bridgehead atoms. The second-order valence-corrected chi connectivity index (χ2v) is 11.1. The predicted octanol–water partition coefficient (Wildman–Crippen LogP) is 3.74. The van der Waals surface area contributed by atoms with E-state index in [-0.39, 0.29) is 23.1 Å². The SMILES string of the molecule is CC(C)c1ccc(-c2noc(CCC(=O)N3CCC(C(=O)NCC(C)(C)CN(C)C)CC3)n2)cc1. The summed E-state index contributed by atoms with van der Waals surface area (Å²) in [6.07, 6.45) is 2.13. The van der Waals surface area contributed by atoms with Crippen molar-refractivity contribution < 1.29 is 14.1 Å². The Kier molecular flexibility index (Phi) is 9.05. The van der Waals surface area contributed by atoms with Crippen molar-refractivity contribution >= 4 is 11.8 Å². The topological polar surface area (TPSA) is 91.6 Å². The predicted molar refractivity (Wildman–Crippen MR) is 137 cm³/mol. The fourth-order valence-corrected chi connectivity index (χ4v) is 4.64. The molecule has 192 valence electrons. The van der Waals surface area contributed by atoms with Gasteiger partial charge in [0.2, 0.25) is 23.5 Å². The van der Waals surface area contributed by atoms with Crippen LogP contribution in [0.3, 0.4) is 0 Å². The van der Waals surface area contributed by atoms with Crippen LogP contribution in [-0.2, 0) is 16.0 Å². The number of nitrogens with one attached hydrogen (secondary N) is 1. The zero-order chi connectivity index (χ0) is 25.6. The van der Waals surface area contributed by atoms with Crippen molar-refractivity contribution in [2.24, 2.45) is 11.3 Å². The Hall–Kier alpha value is -2.74. The molecule has 0 spiro atoms. The zero-order valence-electron chi connectivity index (χ0n) is 22.1. The van der Waals surface area contributed by atoms with Crippen molar-refractivity contribution in [2.75, 3.05) is 40.3 Å². The molecular weight excluding hydrogens is 442 g/mol. The van der Waals surface area contributed by atoms with Gasteiger partial charge in [-0.15, -0.1) is 0 Å². The molecule has 2 aromatic rings. The van der Waals surface area contributed by atoms with E-state index in [1.807, 2.05) is 31.1 Å². The summed E-state index contributed by atoms with van der Waals surface area (Å²) in [5, 5.41) is 7.19. The molecule has 0 unspecified atom stereocenters. The van der Waals surface area contributed by atoms with Crippen LogP contribution in [0.4, 0.5) is 0 Å². The Morgan fingerprint density at radius 2 is 1.83 bits per heavy atom. The van der Waals surface area contributed by atoms with Crippen LogP contribution in [0.5, 0.6) is 0 Å². The molecule has 8 heteroatoms. The maximum atomic E-state index is 12.7. The van der Waals surface area contributed by atoms with Crippen LogP contribution >= 0.6 is 0 Å². The number of rotatable bonds is 10. The maximum Gasteiger partial charge on any atom is 0.227 e. The van der Waals surface area contributed by atoms with E-state index in [1.54, 1.807) is 0 Å². The molecule has 1 aromatic carbocycles. The lowest BCUT2D eigenvalue weighted by Crippen LogP contribution is -2.46. The maximum absolute atomic E-state index is 12.7. The van der Waals surface area contributed by atoms with E-state index in [2.05, 4.69) is 60.2 Å². The Balaban J connectivity index is 1.42. The van der Waals surface area contributed by atoms with Crippen molar-refractivity contribution in [2.45, 2.75) is 59.3 Å². The molecule has 1 aliphatic rings. The van der Waals surface area contributed by atoms with E-state index < -0.39 is 0 Å². The van der Waals surface area contributed by atoms with E-state index in [1.165, 1.54) is 5.56 Å². The number of likely N-dealkylation sites (tertiary alicyclic amines) is 1. The molecule has 1 fully saturated rings. The smallest absolute Gasteiger partial charge is 0.227 e. The van der Waals surface area contributed by atoms with Crippen LogP contribution in [0, 0.1) is 11.3 Å². The van der Waals surface area contributed by atoms with Crippen molar-refractivity contribution in [1.29, 1.82) is 0 Å². The summed E-state index contributed by atoms with van der Waals surface area (Å²) >= 11 is 0. The number of hydrogen-bond acceptors (Lipinski definition) is 6. The fourth-order valence-electron chi connectivity index (χ4n) is 4.64. The molecule has 0 aliphatic carbocycles. The first-order chi connectivity index (χ1) is 16.5. The second kappa shape index (κ2) is 11.8. The average Bonchev–Trinajstić information content (AvgIpc) is 3.29. The average molecular weight is 484 g/mol. The molecule has 1 saturated heterocycles. The number of piperidine rings is 1. The quantitative estimate of drug-likeness (QED) is 0.554. The summed E-state index contributed by atoms with van der Waals surface area (Å²) in [6, 6.07) is 8.15. The number of carbonyl (C=O) groups is 2. The minimum absolute atomic E-state index is 0.0158. The largest absolute Gasteiger partial charge is 0.355 e. The highest BCUT2D eigenvalue weighted by Crippen LogP contribution is 2.22. The van der Waals surface area contributed by atoms with Crippen LogP contribution in [-0.4, -0.2) is 72.0 Å². The van der Waals surface area contributed by atoms with Gasteiger partial charge in [0.05, 0.1) is 0 Å². The van der Waals surface area contributed by atoms with Crippen molar-refractivity contribution in [3.63, 3.8) is 0 Å². The minimum atomic E-state index is -0.0326. The Morgan fingerprint density at radius 3 is 2.43 bits per heavy atom. The van der Waals surface area contributed by atoms with Gasteiger partial charge >= 0.3 is 0 Å². The molecule has 0 saturated carbocycles. The Bertz CT molecular complexity index is 973. The highest BCUT2D eigenvalue weighted by atomic mass is 16.5. The first-order valence-corrected chi connectivity index (χ1v) is 12.7. The molecule has 8 nitrogen and oxygen atoms in total. The molecule has 2 amide bonds. The monoisotopic (exact) mass is 483 g/mol. The van der Waals surface area contributed by atoms with Crippen molar-refractivity contribution in [3.8, 4) is 11.4 Å². The molecule has 1 N–H and O–H groups in total. The van der Waals surface area contributed by atoms with E-state index in [4.69, 9.17) is 4.52 Å². The third-order valence-corrected chi connectivity index (χ3v) is 6.56. The van der Waals surface area contributed by atoms with E-state index in [0.717, 1.165) is 12.1 Å². The number of aromatic nitrogens is 2. The first-order valence-electron chi connectivity index (χ1n) is 12.7. The van der Waals surface area contributed by atoms with E-state index in [9.17, 15) is 9.59 Å². The number of hydrogen-bond donors (Lipinski definition) is 1. The number of amides is 2. The number of aryl methyl sites for hydroxylation is 1. The molecule has 3 rings (SSSR count).